The molecule has 6 heteroatoms. The van der Waals surface area contributed by atoms with Crippen molar-refractivity contribution in [3.8, 4) is 0 Å². The Labute approximate surface area is 165 Å². The van der Waals surface area contributed by atoms with Gasteiger partial charge in [0.15, 0.2) is 5.96 Å². The summed E-state index contributed by atoms with van der Waals surface area (Å²) in [6, 6.07) is 14.6. The van der Waals surface area contributed by atoms with E-state index in [4.69, 9.17) is 4.99 Å². The topological polar surface area (TPSA) is 65.1 Å². The Kier molecular flexibility index (Phi) is 6.76. The van der Waals surface area contributed by atoms with Crippen molar-refractivity contribution in [2.45, 2.75) is 31.7 Å². The molecule has 2 aromatic carbocycles. The first-order chi connectivity index (χ1) is 13.2. The zero-order valence-electron chi connectivity index (χ0n) is 16.2. The summed E-state index contributed by atoms with van der Waals surface area (Å²) in [4.78, 5) is 14.0. The van der Waals surface area contributed by atoms with Crippen LogP contribution in [0.3, 0.4) is 0 Å². The van der Waals surface area contributed by atoms with Gasteiger partial charge in [0, 0.05) is 24.4 Å². The Bertz CT molecular complexity index is 883. The second kappa shape index (κ2) is 9.46. The molecule has 0 bridgehead atoms. The zero-order chi connectivity index (χ0) is 19.1. The van der Waals surface area contributed by atoms with Crippen molar-refractivity contribution in [2.75, 3.05) is 19.3 Å². The maximum absolute atomic E-state index is 4.75. The van der Waals surface area contributed by atoms with Crippen LogP contribution in [-0.4, -0.2) is 35.3 Å². The largest absolute Gasteiger partial charge is 0.357 e. The monoisotopic (exact) mass is 381 g/mol. The standard InChI is InChI=1S/C21H27N5S/c1-4-22-21(24-14-16-10-9-15(2)13-19(16)27-3)23-12-11-20-25-17-7-5-6-8-18(17)26-20/h5-10,13H,4,11-12,14H2,1-3H3,(H,25,26)(H2,22,23,24). The summed E-state index contributed by atoms with van der Waals surface area (Å²) in [5.41, 5.74) is 4.62. The van der Waals surface area contributed by atoms with Gasteiger partial charge in [-0.15, -0.1) is 11.8 Å². The first-order valence-corrected chi connectivity index (χ1v) is 10.5. The van der Waals surface area contributed by atoms with Gasteiger partial charge in [-0.2, -0.15) is 0 Å². The highest BCUT2D eigenvalue weighted by Gasteiger charge is 2.05. The molecule has 0 saturated heterocycles. The first kappa shape index (κ1) is 19.3. The summed E-state index contributed by atoms with van der Waals surface area (Å²) in [6.07, 6.45) is 2.93. The number of aliphatic imine (C=N–C) groups is 1. The number of H-pyrrole nitrogens is 1. The average Bonchev–Trinajstić information content (AvgIpc) is 3.09. The highest BCUT2D eigenvalue weighted by atomic mass is 32.2. The number of aromatic amines is 1. The molecule has 0 radical (unpaired) electrons. The van der Waals surface area contributed by atoms with Gasteiger partial charge >= 0.3 is 0 Å². The molecule has 3 rings (SSSR count). The second-order valence-electron chi connectivity index (χ2n) is 6.39. The molecule has 0 aliphatic rings. The fourth-order valence-electron chi connectivity index (χ4n) is 2.91. The number of hydrogen-bond donors (Lipinski definition) is 3. The van der Waals surface area contributed by atoms with Crippen molar-refractivity contribution < 1.29 is 0 Å². The fraction of sp³-hybridized carbons (Fsp3) is 0.333. The van der Waals surface area contributed by atoms with Gasteiger partial charge in [-0.3, -0.25) is 0 Å². The highest BCUT2D eigenvalue weighted by Crippen LogP contribution is 2.22. The lowest BCUT2D eigenvalue weighted by molar-refractivity contribution is 0.779. The lowest BCUT2D eigenvalue weighted by Crippen LogP contribution is -2.38. The normalized spacial score (nSPS) is 11.7. The van der Waals surface area contributed by atoms with E-state index in [2.05, 4.69) is 65.0 Å². The Morgan fingerprint density at radius 1 is 1.19 bits per heavy atom. The van der Waals surface area contributed by atoms with Crippen molar-refractivity contribution >= 4 is 28.8 Å². The number of guanidine groups is 1. The van der Waals surface area contributed by atoms with Crippen molar-refractivity contribution in [1.29, 1.82) is 0 Å². The summed E-state index contributed by atoms with van der Waals surface area (Å²) in [6.45, 7) is 6.47. The Morgan fingerprint density at radius 2 is 2.04 bits per heavy atom. The van der Waals surface area contributed by atoms with E-state index < -0.39 is 0 Å². The molecule has 0 aliphatic heterocycles. The predicted octanol–water partition coefficient (Wildman–Crippen LogP) is 3.89. The smallest absolute Gasteiger partial charge is 0.191 e. The number of imidazole rings is 1. The minimum absolute atomic E-state index is 0.663. The maximum Gasteiger partial charge on any atom is 0.191 e. The zero-order valence-corrected chi connectivity index (χ0v) is 17.0. The van der Waals surface area contributed by atoms with E-state index in [0.29, 0.717) is 6.54 Å². The van der Waals surface area contributed by atoms with Gasteiger partial charge in [0.2, 0.25) is 0 Å². The minimum Gasteiger partial charge on any atom is -0.357 e. The van der Waals surface area contributed by atoms with Gasteiger partial charge in [0.1, 0.15) is 5.82 Å². The number of aromatic nitrogens is 2. The van der Waals surface area contributed by atoms with Crippen LogP contribution in [0.5, 0.6) is 0 Å². The Hall–Kier alpha value is -2.47. The molecule has 3 N–H and O–H groups in total. The van der Waals surface area contributed by atoms with E-state index in [-0.39, 0.29) is 0 Å². The molecule has 3 aromatic rings. The summed E-state index contributed by atoms with van der Waals surface area (Å²) in [5, 5.41) is 6.72. The van der Waals surface area contributed by atoms with Crippen molar-refractivity contribution in [2.24, 2.45) is 4.99 Å². The van der Waals surface area contributed by atoms with Gasteiger partial charge in [0.05, 0.1) is 17.6 Å². The molecule has 0 unspecified atom stereocenters. The molecule has 0 spiro atoms. The van der Waals surface area contributed by atoms with Crippen LogP contribution in [-0.2, 0) is 13.0 Å². The second-order valence-corrected chi connectivity index (χ2v) is 7.24. The van der Waals surface area contributed by atoms with Crippen LogP contribution in [0.25, 0.3) is 11.0 Å². The number of nitrogens with zero attached hydrogens (tertiary/aromatic N) is 2. The maximum atomic E-state index is 4.75. The van der Waals surface area contributed by atoms with Crippen LogP contribution in [0.15, 0.2) is 52.4 Å². The van der Waals surface area contributed by atoms with Gasteiger partial charge in [0.25, 0.3) is 0 Å². The number of fused-ring (bicyclic) bond motifs is 1. The van der Waals surface area contributed by atoms with E-state index in [9.17, 15) is 0 Å². The third kappa shape index (κ3) is 5.26. The molecule has 27 heavy (non-hydrogen) atoms. The van der Waals surface area contributed by atoms with Crippen molar-refractivity contribution in [3.05, 3.63) is 59.4 Å². The summed E-state index contributed by atoms with van der Waals surface area (Å²) in [5.74, 6) is 1.82. The minimum atomic E-state index is 0.663. The van der Waals surface area contributed by atoms with Gasteiger partial charge in [-0.1, -0.05) is 24.3 Å². The molecule has 0 aliphatic carbocycles. The fourth-order valence-corrected chi connectivity index (χ4v) is 3.61. The number of para-hydroxylation sites is 2. The predicted molar refractivity (Wildman–Crippen MR) is 116 cm³/mol. The van der Waals surface area contributed by atoms with Crippen LogP contribution in [0, 0.1) is 6.92 Å². The summed E-state index contributed by atoms with van der Waals surface area (Å²) in [7, 11) is 0. The molecule has 0 atom stereocenters. The number of benzene rings is 2. The molecule has 0 saturated carbocycles. The van der Waals surface area contributed by atoms with Crippen LogP contribution in [0.2, 0.25) is 0 Å². The van der Waals surface area contributed by atoms with E-state index in [1.165, 1.54) is 16.0 Å². The molecule has 1 aromatic heterocycles. The summed E-state index contributed by atoms with van der Waals surface area (Å²) < 4.78 is 0. The average molecular weight is 382 g/mol. The van der Waals surface area contributed by atoms with Crippen molar-refractivity contribution in [3.63, 3.8) is 0 Å². The highest BCUT2D eigenvalue weighted by molar-refractivity contribution is 7.98. The summed E-state index contributed by atoms with van der Waals surface area (Å²) >= 11 is 1.77. The third-order valence-electron chi connectivity index (χ3n) is 4.29. The molecule has 1 heterocycles. The Morgan fingerprint density at radius 3 is 2.81 bits per heavy atom. The number of nitrogens with one attached hydrogen (secondary N) is 3. The molecular weight excluding hydrogens is 354 g/mol. The molecule has 0 amide bonds. The number of thioether (sulfide) groups is 1. The molecule has 0 fully saturated rings. The van der Waals surface area contributed by atoms with Crippen LogP contribution in [0.1, 0.15) is 23.9 Å². The lowest BCUT2D eigenvalue weighted by atomic mass is 10.1. The third-order valence-corrected chi connectivity index (χ3v) is 5.11. The first-order valence-electron chi connectivity index (χ1n) is 9.29. The van der Waals surface area contributed by atoms with Gasteiger partial charge in [-0.25, -0.2) is 9.98 Å². The SMILES string of the molecule is CCNC(=NCc1ccc(C)cc1SC)NCCc1nc2ccccc2[nH]1. The van der Waals surface area contributed by atoms with Gasteiger partial charge < -0.3 is 15.6 Å². The van der Waals surface area contributed by atoms with E-state index >= 15 is 0 Å². The van der Waals surface area contributed by atoms with Crippen LogP contribution >= 0.6 is 11.8 Å². The quantitative estimate of drug-likeness (QED) is 0.330. The number of aryl methyl sites for hydroxylation is 1. The van der Waals surface area contributed by atoms with Crippen LogP contribution < -0.4 is 10.6 Å². The van der Waals surface area contributed by atoms with E-state index in [1.54, 1.807) is 11.8 Å². The molecular formula is C21H27N5S. The van der Waals surface area contributed by atoms with Crippen LogP contribution in [0.4, 0.5) is 0 Å². The van der Waals surface area contributed by atoms with E-state index in [1.807, 2.05) is 18.2 Å². The number of rotatable bonds is 7. The Balaban J connectivity index is 1.60. The van der Waals surface area contributed by atoms with Gasteiger partial charge in [-0.05, 0) is 49.4 Å². The van der Waals surface area contributed by atoms with Crippen molar-refractivity contribution in [1.82, 2.24) is 20.6 Å². The lowest BCUT2D eigenvalue weighted by Gasteiger charge is -2.12. The number of hydrogen-bond acceptors (Lipinski definition) is 3. The molecule has 142 valence electrons. The molecule has 5 nitrogen and oxygen atoms in total. The van der Waals surface area contributed by atoms with E-state index in [0.717, 1.165) is 42.3 Å².